The van der Waals surface area contributed by atoms with Crippen LogP contribution in [0.5, 0.6) is 0 Å². The molecule has 0 aromatic heterocycles. The first-order valence-corrected chi connectivity index (χ1v) is 7.78. The lowest BCUT2D eigenvalue weighted by molar-refractivity contribution is -0.143. The quantitative estimate of drug-likeness (QED) is 0.539. The van der Waals surface area contributed by atoms with Gasteiger partial charge in [0, 0.05) is 12.6 Å². The van der Waals surface area contributed by atoms with Gasteiger partial charge in [-0.1, -0.05) is 19.1 Å². The number of carbonyl (C=O) groups is 3. The minimum absolute atomic E-state index is 0.161. The normalized spacial score (nSPS) is 11.2. The van der Waals surface area contributed by atoms with E-state index in [1.165, 1.54) is 12.1 Å². The molecule has 1 aromatic carbocycles. The van der Waals surface area contributed by atoms with E-state index in [-0.39, 0.29) is 18.0 Å². The summed E-state index contributed by atoms with van der Waals surface area (Å²) in [7, 11) is 0. The van der Waals surface area contributed by atoms with E-state index in [1.54, 1.807) is 0 Å². The molecule has 0 radical (unpaired) electrons. The van der Waals surface area contributed by atoms with Crippen molar-refractivity contribution >= 4 is 23.9 Å². The molecule has 0 heterocycles. The van der Waals surface area contributed by atoms with E-state index < -0.39 is 30.2 Å². The number of amides is 2. The van der Waals surface area contributed by atoms with Gasteiger partial charge in [-0.15, -0.1) is 0 Å². The van der Waals surface area contributed by atoms with Crippen molar-refractivity contribution in [3.63, 3.8) is 0 Å². The van der Waals surface area contributed by atoms with Crippen molar-refractivity contribution in [3.8, 4) is 0 Å². The van der Waals surface area contributed by atoms with Crippen molar-refractivity contribution in [2.24, 2.45) is 0 Å². The fourth-order valence-electron chi connectivity index (χ4n) is 1.72. The van der Waals surface area contributed by atoms with Crippen LogP contribution >= 0.6 is 0 Å². The SMILES string of the molecule is CCCNC(=O)CNC(=O)COC(=O)/C=C/c1cccc(C(F)(F)F)c1. The number of hydrogen-bond donors (Lipinski definition) is 2. The fraction of sp³-hybridized carbons (Fsp3) is 0.353. The van der Waals surface area contributed by atoms with E-state index in [2.05, 4.69) is 15.4 Å². The van der Waals surface area contributed by atoms with Crippen molar-refractivity contribution in [3.05, 3.63) is 41.5 Å². The zero-order chi connectivity index (χ0) is 19.6. The van der Waals surface area contributed by atoms with Gasteiger partial charge in [-0.3, -0.25) is 9.59 Å². The van der Waals surface area contributed by atoms with Gasteiger partial charge < -0.3 is 15.4 Å². The van der Waals surface area contributed by atoms with Crippen LogP contribution in [0.4, 0.5) is 13.2 Å². The molecule has 0 saturated heterocycles. The maximum Gasteiger partial charge on any atom is 0.416 e. The van der Waals surface area contributed by atoms with Gasteiger partial charge in [0.05, 0.1) is 12.1 Å². The van der Waals surface area contributed by atoms with E-state index in [9.17, 15) is 27.6 Å². The van der Waals surface area contributed by atoms with Crippen molar-refractivity contribution < 1.29 is 32.3 Å². The second-order valence-electron chi connectivity index (χ2n) is 5.19. The van der Waals surface area contributed by atoms with Gasteiger partial charge in [0.2, 0.25) is 5.91 Å². The summed E-state index contributed by atoms with van der Waals surface area (Å²) in [5.74, 6) is -1.93. The number of ether oxygens (including phenoxy) is 1. The van der Waals surface area contributed by atoms with Crippen LogP contribution in [0.1, 0.15) is 24.5 Å². The van der Waals surface area contributed by atoms with Gasteiger partial charge in [0.1, 0.15) is 0 Å². The lowest BCUT2D eigenvalue weighted by atomic mass is 10.1. The van der Waals surface area contributed by atoms with Crippen molar-refractivity contribution in [2.75, 3.05) is 19.7 Å². The van der Waals surface area contributed by atoms with Crippen molar-refractivity contribution in [1.82, 2.24) is 10.6 Å². The second-order valence-corrected chi connectivity index (χ2v) is 5.19. The lowest BCUT2D eigenvalue weighted by Gasteiger charge is -2.07. The zero-order valence-electron chi connectivity index (χ0n) is 14.1. The van der Waals surface area contributed by atoms with E-state index in [4.69, 9.17) is 0 Å². The highest BCUT2D eigenvalue weighted by Crippen LogP contribution is 2.29. The number of alkyl halides is 3. The van der Waals surface area contributed by atoms with E-state index in [1.807, 2.05) is 6.92 Å². The molecule has 142 valence electrons. The number of halogens is 3. The lowest BCUT2D eigenvalue weighted by Crippen LogP contribution is -2.38. The van der Waals surface area contributed by atoms with Crippen LogP contribution in [0.2, 0.25) is 0 Å². The number of rotatable bonds is 8. The molecule has 0 aliphatic heterocycles. The van der Waals surface area contributed by atoms with Gasteiger partial charge >= 0.3 is 12.1 Å². The Morgan fingerprint density at radius 3 is 2.54 bits per heavy atom. The molecular weight excluding hydrogens is 353 g/mol. The molecule has 9 heteroatoms. The summed E-state index contributed by atoms with van der Waals surface area (Å²) < 4.78 is 42.4. The Hall–Kier alpha value is -2.84. The summed E-state index contributed by atoms with van der Waals surface area (Å²) in [6.07, 6.45) is -1.66. The second kappa shape index (κ2) is 10.2. The monoisotopic (exact) mass is 372 g/mol. The van der Waals surface area contributed by atoms with Crippen molar-refractivity contribution in [2.45, 2.75) is 19.5 Å². The Bertz CT molecular complexity index is 672. The summed E-state index contributed by atoms with van der Waals surface area (Å²) in [6, 6.07) is 4.40. The number of carbonyl (C=O) groups excluding carboxylic acids is 3. The molecule has 26 heavy (non-hydrogen) atoms. The van der Waals surface area contributed by atoms with Crippen LogP contribution in [0, 0.1) is 0 Å². The summed E-state index contributed by atoms with van der Waals surface area (Å²) >= 11 is 0. The zero-order valence-corrected chi connectivity index (χ0v) is 14.1. The van der Waals surface area contributed by atoms with Gasteiger partial charge in [-0.05, 0) is 30.2 Å². The minimum atomic E-state index is -4.48. The topological polar surface area (TPSA) is 84.5 Å². The van der Waals surface area contributed by atoms with E-state index in [0.717, 1.165) is 30.7 Å². The number of esters is 1. The van der Waals surface area contributed by atoms with Crippen LogP contribution < -0.4 is 10.6 Å². The molecule has 0 saturated carbocycles. The molecule has 6 nitrogen and oxygen atoms in total. The molecule has 0 unspecified atom stereocenters. The summed E-state index contributed by atoms with van der Waals surface area (Å²) in [6.45, 7) is 1.53. The van der Waals surface area contributed by atoms with Crippen LogP contribution in [-0.4, -0.2) is 37.5 Å². The molecule has 0 spiro atoms. The maximum absolute atomic E-state index is 12.6. The smallest absolute Gasteiger partial charge is 0.416 e. The Morgan fingerprint density at radius 2 is 1.88 bits per heavy atom. The first-order valence-electron chi connectivity index (χ1n) is 7.78. The molecular formula is C17H19F3N2O4. The minimum Gasteiger partial charge on any atom is -0.452 e. The highest BCUT2D eigenvalue weighted by Gasteiger charge is 2.30. The summed E-state index contributed by atoms with van der Waals surface area (Å²) in [5, 5.41) is 4.82. The standard InChI is InChI=1S/C17H19F3N2O4/c1-2-8-21-14(23)10-22-15(24)11-26-16(25)7-6-12-4-3-5-13(9-12)17(18,19)20/h3-7,9H,2,8,10-11H2,1H3,(H,21,23)(H,22,24)/b7-6+. The van der Waals surface area contributed by atoms with Crippen molar-refractivity contribution in [1.29, 1.82) is 0 Å². The predicted octanol–water partition coefficient (Wildman–Crippen LogP) is 1.90. The van der Waals surface area contributed by atoms with Gasteiger partial charge in [-0.25, -0.2) is 4.79 Å². The molecule has 0 aliphatic rings. The van der Waals surface area contributed by atoms with Gasteiger partial charge in [0.25, 0.3) is 5.91 Å². The van der Waals surface area contributed by atoms with Gasteiger partial charge in [-0.2, -0.15) is 13.2 Å². The highest BCUT2D eigenvalue weighted by atomic mass is 19.4. The number of nitrogens with one attached hydrogen (secondary N) is 2. The largest absolute Gasteiger partial charge is 0.452 e. The summed E-state index contributed by atoms with van der Waals surface area (Å²) in [5.41, 5.74) is -0.678. The van der Waals surface area contributed by atoms with Crippen LogP contribution in [0.15, 0.2) is 30.3 Å². The third-order valence-corrected chi connectivity index (χ3v) is 2.99. The average Bonchev–Trinajstić information content (AvgIpc) is 2.60. The average molecular weight is 372 g/mol. The Labute approximate surface area is 148 Å². The molecule has 0 atom stereocenters. The molecule has 2 N–H and O–H groups in total. The Kier molecular flexibility index (Phi) is 8.33. The summed E-state index contributed by atoms with van der Waals surface area (Å²) in [4.78, 5) is 34.2. The maximum atomic E-state index is 12.6. The highest BCUT2D eigenvalue weighted by molar-refractivity contribution is 5.90. The van der Waals surface area contributed by atoms with Crippen LogP contribution in [0.3, 0.4) is 0 Å². The molecule has 0 fully saturated rings. The van der Waals surface area contributed by atoms with Gasteiger partial charge in [0.15, 0.2) is 6.61 Å². The molecule has 2 amide bonds. The molecule has 1 aromatic rings. The number of hydrogen-bond acceptors (Lipinski definition) is 4. The van der Waals surface area contributed by atoms with Crippen LogP contribution in [0.25, 0.3) is 6.08 Å². The van der Waals surface area contributed by atoms with Crippen LogP contribution in [-0.2, 0) is 25.3 Å². The molecule has 1 rings (SSSR count). The number of benzene rings is 1. The third kappa shape index (κ3) is 8.32. The van der Waals surface area contributed by atoms with E-state index >= 15 is 0 Å². The molecule has 0 bridgehead atoms. The van der Waals surface area contributed by atoms with E-state index in [0.29, 0.717) is 6.54 Å². The first-order chi connectivity index (χ1) is 12.2. The Balaban J connectivity index is 2.41. The Morgan fingerprint density at radius 1 is 1.15 bits per heavy atom. The first kappa shape index (κ1) is 21.2. The fourth-order valence-corrected chi connectivity index (χ4v) is 1.72. The predicted molar refractivity (Wildman–Crippen MR) is 87.7 cm³/mol. The third-order valence-electron chi connectivity index (χ3n) is 2.99. The molecule has 0 aliphatic carbocycles.